The van der Waals surface area contributed by atoms with E-state index in [1.54, 1.807) is 16.9 Å². The summed E-state index contributed by atoms with van der Waals surface area (Å²) in [6.45, 7) is 2.08. The molecule has 0 radical (unpaired) electrons. The summed E-state index contributed by atoms with van der Waals surface area (Å²) in [5.41, 5.74) is 9.94. The molecule has 1 saturated heterocycles. The van der Waals surface area contributed by atoms with Gasteiger partial charge in [-0.1, -0.05) is 0 Å². The summed E-state index contributed by atoms with van der Waals surface area (Å²) in [4.78, 5) is 7.19. The lowest BCUT2D eigenvalue weighted by atomic mass is 10.0. The van der Waals surface area contributed by atoms with E-state index in [4.69, 9.17) is 10.7 Å². The molecule has 1 unspecified atom stereocenters. The fraction of sp³-hybridized carbons (Fsp3) is 0.357. The Hall–Kier alpha value is -1.93. The smallest absolute Gasteiger partial charge is 0.165 e. The molecule has 8 heteroatoms. The molecule has 0 saturated carbocycles. The van der Waals surface area contributed by atoms with E-state index < -0.39 is 0 Å². The second-order valence-electron chi connectivity index (χ2n) is 5.72. The van der Waals surface area contributed by atoms with Gasteiger partial charge in [-0.3, -0.25) is 5.10 Å². The summed E-state index contributed by atoms with van der Waals surface area (Å²) in [5.74, 6) is 0.975. The number of nitrogens with one attached hydrogen (secondary N) is 1. The van der Waals surface area contributed by atoms with E-state index in [1.165, 1.54) is 0 Å². The molecule has 1 aliphatic heterocycles. The zero-order valence-electron chi connectivity index (χ0n) is 12.1. The summed E-state index contributed by atoms with van der Waals surface area (Å²) in [6, 6.07) is 0. The molecular weight excluding hydrogens is 346 g/mol. The van der Waals surface area contributed by atoms with Crippen molar-refractivity contribution in [2.75, 3.05) is 25.9 Å². The summed E-state index contributed by atoms with van der Waals surface area (Å²) in [5, 5.41) is 11.2. The average molecular weight is 362 g/mol. The number of nitrogens with zero attached hydrogens (tertiary/aromatic N) is 5. The number of nitrogens with two attached hydrogens (primary N) is 1. The minimum absolute atomic E-state index is 0.388. The molecule has 4 heterocycles. The van der Waals surface area contributed by atoms with E-state index >= 15 is 0 Å². The third-order valence-corrected chi connectivity index (χ3v) is 5.05. The number of likely N-dealkylation sites (N-methyl/N-ethyl adjacent to an activating group) is 1. The van der Waals surface area contributed by atoms with E-state index in [2.05, 4.69) is 43.2 Å². The Balaban J connectivity index is 1.91. The SMILES string of the molecule is CN1CCC(c2nc3c(-c4cn[nH]c4)cnn3c(N)c2Br)C1. The second kappa shape index (κ2) is 5.06. The minimum atomic E-state index is 0.388. The van der Waals surface area contributed by atoms with Crippen molar-refractivity contribution >= 4 is 27.4 Å². The van der Waals surface area contributed by atoms with E-state index in [1.807, 2.05) is 6.20 Å². The third-order valence-electron chi connectivity index (χ3n) is 4.24. The van der Waals surface area contributed by atoms with Crippen molar-refractivity contribution in [1.29, 1.82) is 0 Å². The highest BCUT2D eigenvalue weighted by molar-refractivity contribution is 9.10. The van der Waals surface area contributed by atoms with Crippen molar-refractivity contribution < 1.29 is 0 Å². The zero-order chi connectivity index (χ0) is 15.3. The van der Waals surface area contributed by atoms with Crippen LogP contribution in [0.4, 0.5) is 5.82 Å². The second-order valence-corrected chi connectivity index (χ2v) is 6.52. The number of rotatable bonds is 2. The van der Waals surface area contributed by atoms with Crippen molar-refractivity contribution in [3.8, 4) is 11.1 Å². The van der Waals surface area contributed by atoms with Crippen molar-refractivity contribution in [3.05, 3.63) is 28.8 Å². The molecule has 0 amide bonds. The number of halogens is 1. The molecule has 4 rings (SSSR count). The van der Waals surface area contributed by atoms with Crippen LogP contribution >= 0.6 is 15.9 Å². The minimum Gasteiger partial charge on any atom is -0.383 e. The van der Waals surface area contributed by atoms with Crippen molar-refractivity contribution in [2.24, 2.45) is 0 Å². The number of nitrogen functional groups attached to an aromatic ring is 1. The van der Waals surface area contributed by atoms with Crippen LogP contribution < -0.4 is 5.73 Å². The number of aromatic nitrogens is 5. The Morgan fingerprint density at radius 1 is 1.41 bits per heavy atom. The Labute approximate surface area is 135 Å². The van der Waals surface area contributed by atoms with Crippen molar-refractivity contribution in [2.45, 2.75) is 12.3 Å². The fourth-order valence-electron chi connectivity index (χ4n) is 3.04. The predicted molar refractivity (Wildman–Crippen MR) is 87.5 cm³/mol. The lowest BCUT2D eigenvalue weighted by molar-refractivity contribution is 0.410. The number of hydrogen-bond acceptors (Lipinski definition) is 5. The normalized spacial score (nSPS) is 19.3. The highest BCUT2D eigenvalue weighted by Crippen LogP contribution is 2.35. The molecular formula is C14H16BrN7. The molecule has 1 aliphatic rings. The van der Waals surface area contributed by atoms with E-state index in [9.17, 15) is 0 Å². The Morgan fingerprint density at radius 2 is 2.27 bits per heavy atom. The van der Waals surface area contributed by atoms with Crippen LogP contribution in [0.1, 0.15) is 18.0 Å². The van der Waals surface area contributed by atoms with Gasteiger partial charge < -0.3 is 10.6 Å². The molecule has 114 valence electrons. The maximum absolute atomic E-state index is 6.26. The summed E-state index contributed by atoms with van der Waals surface area (Å²) in [7, 11) is 2.13. The van der Waals surface area contributed by atoms with E-state index in [-0.39, 0.29) is 0 Å². The van der Waals surface area contributed by atoms with Crippen LogP contribution in [0.5, 0.6) is 0 Å². The van der Waals surface area contributed by atoms with Gasteiger partial charge in [0.1, 0.15) is 5.82 Å². The highest BCUT2D eigenvalue weighted by atomic mass is 79.9. The topological polar surface area (TPSA) is 88.1 Å². The average Bonchev–Trinajstić information content (AvgIpc) is 3.22. The number of fused-ring (bicyclic) bond motifs is 1. The van der Waals surface area contributed by atoms with Gasteiger partial charge in [0.25, 0.3) is 0 Å². The van der Waals surface area contributed by atoms with Crippen LogP contribution in [0.15, 0.2) is 23.1 Å². The Kier molecular flexibility index (Phi) is 3.16. The Morgan fingerprint density at radius 3 is 2.95 bits per heavy atom. The van der Waals surface area contributed by atoms with E-state index in [0.29, 0.717) is 11.7 Å². The van der Waals surface area contributed by atoms with Crippen molar-refractivity contribution in [1.82, 2.24) is 29.7 Å². The van der Waals surface area contributed by atoms with Gasteiger partial charge in [-0.15, -0.1) is 0 Å². The molecule has 0 spiro atoms. The number of aromatic amines is 1. The van der Waals surface area contributed by atoms with Crippen LogP contribution in [-0.4, -0.2) is 49.8 Å². The maximum atomic E-state index is 6.26. The van der Waals surface area contributed by atoms with Gasteiger partial charge in [0.2, 0.25) is 0 Å². The lowest BCUT2D eigenvalue weighted by Gasteiger charge is -2.14. The highest BCUT2D eigenvalue weighted by Gasteiger charge is 2.27. The number of hydrogen-bond donors (Lipinski definition) is 2. The Bertz CT molecular complexity index is 823. The largest absolute Gasteiger partial charge is 0.383 e. The monoisotopic (exact) mass is 361 g/mol. The van der Waals surface area contributed by atoms with Crippen LogP contribution in [0, 0.1) is 0 Å². The molecule has 1 fully saturated rings. The molecule has 0 aromatic carbocycles. The van der Waals surface area contributed by atoms with Crippen LogP contribution in [0.25, 0.3) is 16.8 Å². The van der Waals surface area contributed by atoms with Gasteiger partial charge >= 0.3 is 0 Å². The number of likely N-dealkylation sites (tertiary alicyclic amines) is 1. The molecule has 22 heavy (non-hydrogen) atoms. The first-order valence-corrected chi connectivity index (χ1v) is 7.94. The molecule has 0 aliphatic carbocycles. The maximum Gasteiger partial charge on any atom is 0.165 e. The van der Waals surface area contributed by atoms with Crippen molar-refractivity contribution in [3.63, 3.8) is 0 Å². The molecule has 0 bridgehead atoms. The standard InChI is InChI=1S/C14H16BrN7/c1-21-3-2-8(7-21)12-11(15)13(16)22-14(20-12)10(6-19-22)9-4-17-18-5-9/h4-6,8H,2-3,7,16H2,1H3,(H,17,18). The quantitative estimate of drug-likeness (QED) is 0.727. The predicted octanol–water partition coefficient (Wildman–Crippen LogP) is 1.88. The first-order chi connectivity index (χ1) is 10.6. The first-order valence-electron chi connectivity index (χ1n) is 7.15. The summed E-state index contributed by atoms with van der Waals surface area (Å²) >= 11 is 3.60. The van der Waals surface area contributed by atoms with Gasteiger partial charge in [-0.25, -0.2) is 4.98 Å². The molecule has 7 nitrogen and oxygen atoms in total. The molecule has 1 atom stereocenters. The van der Waals surface area contributed by atoms with Gasteiger partial charge in [-0.05, 0) is 35.9 Å². The van der Waals surface area contributed by atoms with Gasteiger partial charge in [0.05, 0.1) is 22.6 Å². The molecule has 3 N–H and O–H groups in total. The molecule has 3 aromatic rings. The van der Waals surface area contributed by atoms with Gasteiger partial charge in [0.15, 0.2) is 5.65 Å². The van der Waals surface area contributed by atoms with E-state index in [0.717, 1.165) is 46.5 Å². The number of H-pyrrole nitrogens is 1. The fourth-order valence-corrected chi connectivity index (χ4v) is 3.62. The summed E-state index contributed by atoms with van der Waals surface area (Å²) < 4.78 is 2.52. The summed E-state index contributed by atoms with van der Waals surface area (Å²) in [6.07, 6.45) is 6.47. The number of anilines is 1. The van der Waals surface area contributed by atoms with Gasteiger partial charge in [-0.2, -0.15) is 14.7 Å². The zero-order valence-corrected chi connectivity index (χ0v) is 13.7. The molecule has 3 aromatic heterocycles. The lowest BCUT2D eigenvalue weighted by Crippen LogP contribution is -2.15. The van der Waals surface area contributed by atoms with Crippen LogP contribution in [-0.2, 0) is 0 Å². The van der Waals surface area contributed by atoms with Crippen LogP contribution in [0.3, 0.4) is 0 Å². The van der Waals surface area contributed by atoms with Gasteiger partial charge in [0, 0.05) is 29.8 Å². The third kappa shape index (κ3) is 2.02. The van der Waals surface area contributed by atoms with Crippen LogP contribution in [0.2, 0.25) is 0 Å². The first kappa shape index (κ1) is 13.7.